The Kier molecular flexibility index (Phi) is 4.73. The van der Waals surface area contributed by atoms with Crippen LogP contribution in [0, 0.1) is 0 Å². The number of nitrogens with one attached hydrogen (secondary N) is 1. The zero-order valence-electron chi connectivity index (χ0n) is 14.5. The fraction of sp³-hybridized carbons (Fsp3) is 0.167. The summed E-state index contributed by atoms with van der Waals surface area (Å²) in [7, 11) is -1.73. The average Bonchev–Trinajstić information content (AvgIpc) is 3.30. The van der Waals surface area contributed by atoms with Crippen molar-refractivity contribution in [2.75, 3.05) is 6.54 Å². The first kappa shape index (κ1) is 17.8. The summed E-state index contributed by atoms with van der Waals surface area (Å²) >= 11 is 1.01. The van der Waals surface area contributed by atoms with Gasteiger partial charge in [-0.25, -0.2) is 13.1 Å². The Morgan fingerprint density at radius 1 is 1.07 bits per heavy atom. The largest absolute Gasteiger partial charge is 0.268 e. The number of hydrogen-bond acceptors (Lipinski definition) is 6. The Morgan fingerprint density at radius 3 is 2.63 bits per heavy atom. The van der Waals surface area contributed by atoms with Crippen molar-refractivity contribution in [3.05, 3.63) is 60.3 Å². The number of benzene rings is 2. The smallest absolute Gasteiger partial charge is 0.242 e. The average molecular weight is 400 g/mol. The molecule has 138 valence electrons. The molecule has 27 heavy (non-hydrogen) atoms. The summed E-state index contributed by atoms with van der Waals surface area (Å²) in [5.74, 6) is 0. The van der Waals surface area contributed by atoms with Crippen LogP contribution < -0.4 is 4.72 Å². The van der Waals surface area contributed by atoms with E-state index in [1.807, 2.05) is 42.1 Å². The molecule has 1 N–H and O–H groups in total. The van der Waals surface area contributed by atoms with Gasteiger partial charge in [-0.05, 0) is 35.7 Å². The Bertz CT molecular complexity index is 1180. The number of nitrogens with zero attached hydrogens (tertiary/aromatic N) is 4. The van der Waals surface area contributed by atoms with Gasteiger partial charge >= 0.3 is 0 Å². The summed E-state index contributed by atoms with van der Waals surface area (Å²) in [4.78, 5) is 0.167. The molecule has 0 unspecified atom stereocenters. The number of fused-ring (bicyclic) bond motifs is 1. The van der Waals surface area contributed by atoms with Gasteiger partial charge in [0.1, 0.15) is 15.9 Å². The molecule has 7 nitrogen and oxygen atoms in total. The van der Waals surface area contributed by atoms with Crippen molar-refractivity contribution in [3.63, 3.8) is 0 Å². The van der Waals surface area contributed by atoms with Gasteiger partial charge in [-0.2, -0.15) is 13.8 Å². The maximum atomic E-state index is 12.6. The van der Waals surface area contributed by atoms with Gasteiger partial charge in [0.05, 0.1) is 17.4 Å². The van der Waals surface area contributed by atoms with E-state index in [0.717, 1.165) is 28.5 Å². The van der Waals surface area contributed by atoms with E-state index in [1.54, 1.807) is 24.4 Å². The van der Waals surface area contributed by atoms with E-state index in [0.29, 0.717) is 24.0 Å². The Hall–Kier alpha value is -2.62. The van der Waals surface area contributed by atoms with E-state index in [9.17, 15) is 8.42 Å². The molecule has 0 aliphatic rings. The maximum absolute atomic E-state index is 12.6. The highest BCUT2D eigenvalue weighted by molar-refractivity contribution is 7.89. The lowest BCUT2D eigenvalue weighted by molar-refractivity contribution is 0.582. The van der Waals surface area contributed by atoms with Crippen LogP contribution in [0.5, 0.6) is 0 Å². The van der Waals surface area contributed by atoms with E-state index in [4.69, 9.17) is 0 Å². The van der Waals surface area contributed by atoms with Crippen molar-refractivity contribution >= 4 is 32.8 Å². The highest BCUT2D eigenvalue weighted by atomic mass is 32.2. The maximum Gasteiger partial charge on any atom is 0.242 e. The van der Waals surface area contributed by atoms with Crippen molar-refractivity contribution in [1.82, 2.24) is 23.2 Å². The molecule has 0 atom stereocenters. The zero-order valence-corrected chi connectivity index (χ0v) is 16.2. The van der Waals surface area contributed by atoms with Crippen LogP contribution >= 0.6 is 11.7 Å². The molecule has 0 saturated heterocycles. The topological polar surface area (TPSA) is 89.8 Å². The SMILES string of the molecule is Cn1nccc1-c1ccc(CCNS(=O)(=O)c2cccc3nsnc23)cc1. The van der Waals surface area contributed by atoms with E-state index >= 15 is 0 Å². The molecule has 0 saturated carbocycles. The molecule has 0 fully saturated rings. The van der Waals surface area contributed by atoms with Crippen LogP contribution in [0.1, 0.15) is 5.56 Å². The predicted octanol–water partition coefficient (Wildman–Crippen LogP) is 2.61. The predicted molar refractivity (Wildman–Crippen MR) is 105 cm³/mol. The molecule has 0 spiro atoms. The minimum Gasteiger partial charge on any atom is -0.268 e. The molecule has 4 rings (SSSR count). The molecule has 2 heterocycles. The van der Waals surface area contributed by atoms with Gasteiger partial charge in [-0.1, -0.05) is 30.3 Å². The number of sulfonamides is 1. The molecule has 0 bridgehead atoms. The van der Waals surface area contributed by atoms with E-state index in [2.05, 4.69) is 18.6 Å². The molecule has 2 aromatic heterocycles. The molecular formula is C18H17N5O2S2. The third-order valence-electron chi connectivity index (χ3n) is 4.31. The molecule has 0 aliphatic heterocycles. The van der Waals surface area contributed by atoms with Crippen molar-refractivity contribution in [3.8, 4) is 11.3 Å². The number of aryl methyl sites for hydroxylation is 1. The highest BCUT2D eigenvalue weighted by Crippen LogP contribution is 2.21. The Labute approximate surface area is 161 Å². The molecular weight excluding hydrogens is 382 g/mol. The summed E-state index contributed by atoms with van der Waals surface area (Å²) < 4.78 is 37.8. The molecule has 0 radical (unpaired) electrons. The number of rotatable bonds is 6. The monoisotopic (exact) mass is 399 g/mol. The summed E-state index contributed by atoms with van der Waals surface area (Å²) in [5, 5.41) is 4.17. The van der Waals surface area contributed by atoms with Crippen LogP contribution in [0.2, 0.25) is 0 Å². The van der Waals surface area contributed by atoms with Gasteiger partial charge in [0.25, 0.3) is 0 Å². The lowest BCUT2D eigenvalue weighted by atomic mass is 10.1. The van der Waals surface area contributed by atoms with Crippen molar-refractivity contribution in [2.24, 2.45) is 7.05 Å². The van der Waals surface area contributed by atoms with Gasteiger partial charge < -0.3 is 0 Å². The normalized spacial score (nSPS) is 11.9. The zero-order chi connectivity index (χ0) is 18.9. The Morgan fingerprint density at radius 2 is 1.89 bits per heavy atom. The van der Waals surface area contributed by atoms with Gasteiger partial charge in [-0.15, -0.1) is 0 Å². The van der Waals surface area contributed by atoms with E-state index in [-0.39, 0.29) is 4.90 Å². The molecule has 0 aliphatic carbocycles. The second-order valence-electron chi connectivity index (χ2n) is 6.07. The standard InChI is InChI=1S/C18H17N5O2S2/c1-23-16(10-11-19-23)14-7-5-13(6-8-14)9-12-20-27(24,25)17-4-2-3-15-18(17)22-26-21-15/h2-8,10-11,20H,9,12H2,1H3. The van der Waals surface area contributed by atoms with Gasteiger partial charge in [0.2, 0.25) is 10.0 Å². The lowest BCUT2D eigenvalue weighted by Crippen LogP contribution is -2.26. The van der Waals surface area contributed by atoms with E-state index < -0.39 is 10.0 Å². The van der Waals surface area contributed by atoms with Gasteiger partial charge in [0.15, 0.2) is 0 Å². The van der Waals surface area contributed by atoms with Crippen LogP contribution in [-0.2, 0) is 23.5 Å². The second-order valence-corrected chi connectivity index (χ2v) is 8.34. The van der Waals surface area contributed by atoms with Gasteiger partial charge in [0, 0.05) is 19.8 Å². The lowest BCUT2D eigenvalue weighted by Gasteiger charge is -2.08. The van der Waals surface area contributed by atoms with Crippen molar-refractivity contribution in [2.45, 2.75) is 11.3 Å². The van der Waals surface area contributed by atoms with Crippen LogP contribution in [0.3, 0.4) is 0 Å². The van der Waals surface area contributed by atoms with Crippen LogP contribution in [0.4, 0.5) is 0 Å². The summed E-state index contributed by atoms with van der Waals surface area (Å²) in [6.45, 7) is 0.307. The fourth-order valence-corrected chi connectivity index (χ4v) is 4.70. The fourth-order valence-electron chi connectivity index (χ4n) is 2.90. The van der Waals surface area contributed by atoms with Gasteiger partial charge in [-0.3, -0.25) is 4.68 Å². The third kappa shape index (κ3) is 3.61. The summed E-state index contributed by atoms with van der Waals surface area (Å²) in [5.41, 5.74) is 4.16. The van der Waals surface area contributed by atoms with Crippen LogP contribution in [0.15, 0.2) is 59.6 Å². The molecule has 2 aromatic carbocycles. The van der Waals surface area contributed by atoms with Crippen LogP contribution in [-0.4, -0.2) is 33.5 Å². The first-order chi connectivity index (χ1) is 13.0. The van der Waals surface area contributed by atoms with Crippen LogP contribution in [0.25, 0.3) is 22.3 Å². The molecule has 9 heteroatoms. The molecule has 4 aromatic rings. The van der Waals surface area contributed by atoms with Crippen molar-refractivity contribution < 1.29 is 8.42 Å². The minimum absolute atomic E-state index is 0.167. The Balaban J connectivity index is 1.43. The first-order valence-corrected chi connectivity index (χ1v) is 10.5. The summed E-state index contributed by atoms with van der Waals surface area (Å²) in [6, 6.07) is 15.0. The number of hydrogen-bond donors (Lipinski definition) is 1. The van der Waals surface area contributed by atoms with Crippen molar-refractivity contribution in [1.29, 1.82) is 0 Å². The third-order valence-corrected chi connectivity index (χ3v) is 6.35. The first-order valence-electron chi connectivity index (χ1n) is 8.33. The van der Waals surface area contributed by atoms with E-state index in [1.165, 1.54) is 0 Å². The molecule has 0 amide bonds. The quantitative estimate of drug-likeness (QED) is 0.538. The highest BCUT2D eigenvalue weighted by Gasteiger charge is 2.18. The summed E-state index contributed by atoms with van der Waals surface area (Å²) in [6.07, 6.45) is 2.35. The second kappa shape index (κ2) is 7.18. The minimum atomic E-state index is -3.63. The number of aromatic nitrogens is 4.